The second-order valence-electron chi connectivity index (χ2n) is 5.18. The molecular formula is C17H23NO8. The van der Waals surface area contributed by atoms with Crippen LogP contribution in [-0.4, -0.2) is 50.8 Å². The van der Waals surface area contributed by atoms with Crippen LogP contribution in [0, 0.1) is 16.0 Å². The van der Waals surface area contributed by atoms with Crippen LogP contribution in [0.15, 0.2) is 18.2 Å². The number of rotatable bonds is 10. The first-order valence-electron chi connectivity index (χ1n) is 8.07. The Kier molecular flexibility index (Phi) is 8.33. The fourth-order valence-corrected chi connectivity index (χ4v) is 2.66. The molecule has 0 aliphatic rings. The van der Waals surface area contributed by atoms with Crippen molar-refractivity contribution in [3.8, 4) is 11.5 Å². The minimum atomic E-state index is -1.52. The maximum atomic E-state index is 12.4. The first kappa shape index (κ1) is 21.2. The monoisotopic (exact) mass is 369 g/mol. The van der Waals surface area contributed by atoms with Crippen molar-refractivity contribution in [2.24, 2.45) is 5.92 Å². The molecule has 1 atom stereocenters. The third-order valence-corrected chi connectivity index (χ3v) is 3.67. The topological polar surface area (TPSA) is 114 Å². The van der Waals surface area contributed by atoms with Crippen molar-refractivity contribution in [1.29, 1.82) is 0 Å². The summed E-state index contributed by atoms with van der Waals surface area (Å²) in [5.41, 5.74) is 0.236. The molecule has 0 unspecified atom stereocenters. The van der Waals surface area contributed by atoms with E-state index in [9.17, 15) is 19.7 Å². The number of methoxy groups -OCH3 is 2. The Labute approximate surface area is 151 Å². The number of nitro groups is 1. The van der Waals surface area contributed by atoms with Gasteiger partial charge in [-0.3, -0.25) is 19.7 Å². The molecule has 0 bridgehead atoms. The van der Waals surface area contributed by atoms with Crippen LogP contribution in [0.5, 0.6) is 11.5 Å². The normalized spacial score (nSPS) is 11.6. The summed E-state index contributed by atoms with van der Waals surface area (Å²) in [5, 5.41) is 11.3. The Hall–Kier alpha value is -2.84. The Bertz CT molecular complexity index is 605. The summed E-state index contributed by atoms with van der Waals surface area (Å²) in [6, 6.07) is 4.77. The van der Waals surface area contributed by atoms with E-state index in [2.05, 4.69) is 0 Å². The zero-order valence-corrected chi connectivity index (χ0v) is 15.2. The van der Waals surface area contributed by atoms with Crippen molar-refractivity contribution < 1.29 is 33.5 Å². The van der Waals surface area contributed by atoms with E-state index in [4.69, 9.17) is 18.9 Å². The summed E-state index contributed by atoms with van der Waals surface area (Å²) in [4.78, 5) is 35.5. The summed E-state index contributed by atoms with van der Waals surface area (Å²) < 4.78 is 20.5. The zero-order valence-electron chi connectivity index (χ0n) is 15.2. The Balaban J connectivity index is 3.57. The first-order chi connectivity index (χ1) is 12.4. The van der Waals surface area contributed by atoms with Crippen LogP contribution in [-0.2, 0) is 19.1 Å². The van der Waals surface area contributed by atoms with E-state index in [-0.39, 0.29) is 30.3 Å². The molecule has 0 aromatic heterocycles. The minimum absolute atomic E-state index is 0.0168. The zero-order chi connectivity index (χ0) is 19.7. The van der Waals surface area contributed by atoms with Crippen LogP contribution in [0.4, 0.5) is 0 Å². The molecule has 9 heteroatoms. The van der Waals surface area contributed by atoms with E-state index in [0.717, 1.165) is 0 Å². The van der Waals surface area contributed by atoms with Crippen molar-refractivity contribution in [2.75, 3.05) is 34.0 Å². The van der Waals surface area contributed by atoms with E-state index in [1.54, 1.807) is 32.0 Å². The minimum Gasteiger partial charge on any atom is -0.496 e. The predicted molar refractivity (Wildman–Crippen MR) is 90.9 cm³/mol. The standard InChI is InChI=1S/C17H23NO8/c1-5-25-16(19)15(17(20)26-6-2)11(10-18(21)22)14-12(23-3)8-7-9-13(14)24-4/h7-9,11,15H,5-6,10H2,1-4H3/t11-/m1/s1. The van der Waals surface area contributed by atoms with Gasteiger partial charge in [0.15, 0.2) is 5.92 Å². The molecule has 0 heterocycles. The van der Waals surface area contributed by atoms with E-state index in [1.165, 1.54) is 14.2 Å². The summed E-state index contributed by atoms with van der Waals surface area (Å²) in [6.07, 6.45) is 0. The Morgan fingerprint density at radius 2 is 1.50 bits per heavy atom. The number of esters is 2. The molecule has 0 radical (unpaired) electrons. The van der Waals surface area contributed by atoms with Gasteiger partial charge in [-0.15, -0.1) is 0 Å². The van der Waals surface area contributed by atoms with E-state index in [0.29, 0.717) is 0 Å². The molecule has 0 aliphatic heterocycles. The average Bonchev–Trinajstić information content (AvgIpc) is 2.60. The molecule has 0 N–H and O–H groups in total. The van der Waals surface area contributed by atoms with E-state index >= 15 is 0 Å². The van der Waals surface area contributed by atoms with Gasteiger partial charge in [0, 0.05) is 10.5 Å². The van der Waals surface area contributed by atoms with Crippen LogP contribution in [0.2, 0.25) is 0 Å². The van der Waals surface area contributed by atoms with E-state index in [1.807, 2.05) is 0 Å². The van der Waals surface area contributed by atoms with Crippen molar-refractivity contribution in [3.63, 3.8) is 0 Å². The van der Waals surface area contributed by atoms with E-state index < -0.39 is 35.2 Å². The molecule has 144 valence electrons. The number of hydrogen-bond acceptors (Lipinski definition) is 8. The van der Waals surface area contributed by atoms with Crippen LogP contribution in [0.3, 0.4) is 0 Å². The highest BCUT2D eigenvalue weighted by atomic mass is 16.6. The van der Waals surface area contributed by atoms with Crippen LogP contribution >= 0.6 is 0 Å². The Morgan fingerprint density at radius 3 is 1.85 bits per heavy atom. The number of ether oxygens (including phenoxy) is 4. The van der Waals surface area contributed by atoms with Gasteiger partial charge in [0.05, 0.1) is 33.4 Å². The summed E-state index contributed by atoms with van der Waals surface area (Å²) >= 11 is 0. The van der Waals surface area contributed by atoms with Gasteiger partial charge in [-0.2, -0.15) is 0 Å². The molecule has 0 aliphatic carbocycles. The highest BCUT2D eigenvalue weighted by Crippen LogP contribution is 2.40. The largest absolute Gasteiger partial charge is 0.496 e. The smallest absolute Gasteiger partial charge is 0.321 e. The van der Waals surface area contributed by atoms with Gasteiger partial charge in [-0.25, -0.2) is 0 Å². The lowest BCUT2D eigenvalue weighted by atomic mass is 9.84. The summed E-state index contributed by atoms with van der Waals surface area (Å²) in [5.74, 6) is -3.99. The van der Waals surface area contributed by atoms with Crippen LogP contribution in [0.1, 0.15) is 25.3 Å². The number of benzene rings is 1. The lowest BCUT2D eigenvalue weighted by molar-refractivity contribution is -0.484. The molecule has 1 aromatic rings. The molecule has 0 fully saturated rings. The van der Waals surface area contributed by atoms with Gasteiger partial charge in [-0.1, -0.05) is 6.07 Å². The number of carbonyl (C=O) groups is 2. The van der Waals surface area contributed by atoms with Crippen molar-refractivity contribution in [3.05, 3.63) is 33.9 Å². The van der Waals surface area contributed by atoms with Crippen molar-refractivity contribution >= 4 is 11.9 Å². The molecule has 0 saturated heterocycles. The second-order valence-corrected chi connectivity index (χ2v) is 5.18. The summed E-state index contributed by atoms with van der Waals surface area (Å²) in [7, 11) is 2.76. The molecule has 9 nitrogen and oxygen atoms in total. The molecular weight excluding hydrogens is 346 g/mol. The molecule has 1 rings (SSSR count). The Morgan fingerprint density at radius 1 is 1.04 bits per heavy atom. The maximum Gasteiger partial charge on any atom is 0.321 e. The first-order valence-corrected chi connectivity index (χ1v) is 8.07. The van der Waals surface area contributed by atoms with Crippen molar-refractivity contribution in [1.82, 2.24) is 0 Å². The highest BCUT2D eigenvalue weighted by Gasteiger charge is 2.44. The third-order valence-electron chi connectivity index (χ3n) is 3.67. The lowest BCUT2D eigenvalue weighted by Gasteiger charge is -2.24. The number of nitrogens with zero attached hydrogens (tertiary/aromatic N) is 1. The predicted octanol–water partition coefficient (Wildman–Crippen LogP) is 1.81. The van der Waals surface area contributed by atoms with Gasteiger partial charge in [0.25, 0.3) is 0 Å². The molecule has 0 amide bonds. The molecule has 1 aromatic carbocycles. The average molecular weight is 369 g/mol. The van der Waals surface area contributed by atoms with Crippen LogP contribution in [0.25, 0.3) is 0 Å². The maximum absolute atomic E-state index is 12.4. The van der Waals surface area contributed by atoms with Crippen molar-refractivity contribution in [2.45, 2.75) is 19.8 Å². The fraction of sp³-hybridized carbons (Fsp3) is 0.529. The van der Waals surface area contributed by atoms with Gasteiger partial charge in [0.2, 0.25) is 6.54 Å². The molecule has 0 spiro atoms. The highest BCUT2D eigenvalue weighted by molar-refractivity contribution is 5.96. The quantitative estimate of drug-likeness (QED) is 0.265. The van der Waals surface area contributed by atoms with Gasteiger partial charge >= 0.3 is 11.9 Å². The SMILES string of the molecule is CCOC(=O)C(C(=O)OCC)[C@H](C[N+](=O)[O-])c1c(OC)cccc1OC. The lowest BCUT2D eigenvalue weighted by Crippen LogP contribution is -2.36. The summed E-state index contributed by atoms with van der Waals surface area (Å²) in [6.45, 7) is 2.48. The third kappa shape index (κ3) is 5.08. The van der Waals surface area contributed by atoms with Gasteiger partial charge < -0.3 is 18.9 Å². The fourth-order valence-electron chi connectivity index (χ4n) is 2.66. The number of hydrogen-bond donors (Lipinski definition) is 0. The molecule has 0 saturated carbocycles. The van der Waals surface area contributed by atoms with Crippen LogP contribution < -0.4 is 9.47 Å². The van der Waals surface area contributed by atoms with Gasteiger partial charge in [-0.05, 0) is 26.0 Å². The number of carbonyl (C=O) groups excluding carboxylic acids is 2. The second kappa shape index (κ2) is 10.2. The molecule has 26 heavy (non-hydrogen) atoms. The van der Waals surface area contributed by atoms with Gasteiger partial charge in [0.1, 0.15) is 11.5 Å².